The molecule has 0 spiro atoms. The van der Waals surface area contributed by atoms with Gasteiger partial charge in [0.05, 0.1) is 7.11 Å². The quantitative estimate of drug-likeness (QED) is 0.758. The number of rotatable bonds is 3. The Morgan fingerprint density at radius 2 is 2.36 bits per heavy atom. The van der Waals surface area contributed by atoms with Crippen LogP contribution in [0.2, 0.25) is 0 Å². The molecular weight excluding hydrogens is 222 g/mol. The molecule has 2 atom stereocenters. The van der Waals surface area contributed by atoms with Crippen LogP contribution in [0.5, 0.6) is 0 Å². The maximum absolute atomic E-state index is 10.9. The van der Waals surface area contributed by atoms with Crippen LogP contribution in [0.3, 0.4) is 0 Å². The largest absolute Gasteiger partial charge is 0.469 e. The van der Waals surface area contributed by atoms with E-state index in [9.17, 15) is 4.79 Å². The number of thioether (sulfide) groups is 1. The monoisotopic (exact) mass is 239 g/mol. The molecule has 0 aromatic heterocycles. The Hall–Kier alpha value is 0.0700. The molecule has 0 amide bonds. The van der Waals surface area contributed by atoms with Gasteiger partial charge >= 0.3 is 5.97 Å². The summed E-state index contributed by atoms with van der Waals surface area (Å²) in [7, 11) is 1.43. The van der Waals surface area contributed by atoms with Crippen molar-refractivity contribution in [3.05, 3.63) is 0 Å². The van der Waals surface area contributed by atoms with Crippen molar-refractivity contribution < 1.29 is 9.53 Å². The lowest BCUT2D eigenvalue weighted by Crippen LogP contribution is -2.35. The minimum atomic E-state index is -0.122. The van der Waals surface area contributed by atoms with Crippen LogP contribution in [0, 0.1) is 5.92 Å². The summed E-state index contributed by atoms with van der Waals surface area (Å²) in [4.78, 5) is 10.9. The zero-order valence-electron chi connectivity index (χ0n) is 8.40. The second kappa shape index (κ2) is 7.37. The Bertz CT molecular complexity index is 180. The normalized spacial score (nSPS) is 26.4. The third-order valence-corrected chi connectivity index (χ3v) is 3.67. The van der Waals surface area contributed by atoms with Gasteiger partial charge in [-0.25, -0.2) is 0 Å². The van der Waals surface area contributed by atoms with Crippen molar-refractivity contribution in [2.24, 2.45) is 11.7 Å². The van der Waals surface area contributed by atoms with Crippen molar-refractivity contribution in [1.82, 2.24) is 0 Å². The zero-order chi connectivity index (χ0) is 9.68. The SMILES string of the molecule is COC(=O)CCC1CSCCC1N.Cl. The van der Waals surface area contributed by atoms with Crippen LogP contribution in [0.4, 0.5) is 0 Å². The highest BCUT2D eigenvalue weighted by Gasteiger charge is 2.22. The van der Waals surface area contributed by atoms with Crippen molar-refractivity contribution in [2.45, 2.75) is 25.3 Å². The fourth-order valence-corrected chi connectivity index (χ4v) is 2.84. The smallest absolute Gasteiger partial charge is 0.305 e. The molecule has 0 bridgehead atoms. The van der Waals surface area contributed by atoms with E-state index in [2.05, 4.69) is 4.74 Å². The first-order valence-electron chi connectivity index (χ1n) is 4.64. The fraction of sp³-hybridized carbons (Fsp3) is 0.889. The Balaban J connectivity index is 0.00000169. The van der Waals surface area contributed by atoms with Gasteiger partial charge in [0.25, 0.3) is 0 Å². The molecule has 0 aromatic rings. The maximum atomic E-state index is 10.9. The maximum Gasteiger partial charge on any atom is 0.305 e. The number of esters is 1. The van der Waals surface area contributed by atoms with E-state index in [0.717, 1.165) is 24.3 Å². The van der Waals surface area contributed by atoms with E-state index in [1.807, 2.05) is 11.8 Å². The van der Waals surface area contributed by atoms with Crippen molar-refractivity contribution in [1.29, 1.82) is 0 Å². The highest BCUT2D eigenvalue weighted by Crippen LogP contribution is 2.25. The van der Waals surface area contributed by atoms with Gasteiger partial charge in [0.15, 0.2) is 0 Å². The van der Waals surface area contributed by atoms with Gasteiger partial charge in [0.1, 0.15) is 0 Å². The van der Waals surface area contributed by atoms with Gasteiger partial charge in [-0.15, -0.1) is 12.4 Å². The van der Waals surface area contributed by atoms with Gasteiger partial charge in [-0.05, 0) is 30.3 Å². The molecule has 2 N–H and O–H groups in total. The summed E-state index contributed by atoms with van der Waals surface area (Å²) in [6.45, 7) is 0. The van der Waals surface area contributed by atoms with E-state index < -0.39 is 0 Å². The van der Waals surface area contributed by atoms with Crippen molar-refractivity contribution in [3.8, 4) is 0 Å². The van der Waals surface area contributed by atoms with Gasteiger partial charge < -0.3 is 10.5 Å². The molecule has 84 valence electrons. The lowest BCUT2D eigenvalue weighted by Gasteiger charge is -2.27. The summed E-state index contributed by atoms with van der Waals surface area (Å²) < 4.78 is 4.59. The Morgan fingerprint density at radius 1 is 1.64 bits per heavy atom. The summed E-state index contributed by atoms with van der Waals surface area (Å²) >= 11 is 1.93. The first-order chi connectivity index (χ1) is 6.24. The molecule has 5 heteroatoms. The van der Waals surface area contributed by atoms with Gasteiger partial charge in [-0.1, -0.05) is 0 Å². The molecule has 3 nitrogen and oxygen atoms in total. The van der Waals surface area contributed by atoms with Gasteiger partial charge in [0, 0.05) is 12.5 Å². The summed E-state index contributed by atoms with van der Waals surface area (Å²) in [6.07, 6.45) is 2.47. The minimum Gasteiger partial charge on any atom is -0.469 e. The highest BCUT2D eigenvalue weighted by molar-refractivity contribution is 7.99. The summed E-state index contributed by atoms with van der Waals surface area (Å²) in [5.41, 5.74) is 5.94. The first kappa shape index (κ1) is 14.1. The molecular formula is C9H18ClNO2S. The van der Waals surface area contributed by atoms with Crippen LogP contribution in [0.25, 0.3) is 0 Å². The Kier molecular flexibility index (Phi) is 7.41. The van der Waals surface area contributed by atoms with Crippen LogP contribution in [0.15, 0.2) is 0 Å². The molecule has 14 heavy (non-hydrogen) atoms. The lowest BCUT2D eigenvalue weighted by atomic mass is 9.95. The van der Waals surface area contributed by atoms with E-state index in [4.69, 9.17) is 5.73 Å². The molecule has 2 unspecified atom stereocenters. The Labute approximate surface area is 95.5 Å². The average molecular weight is 240 g/mol. The van der Waals surface area contributed by atoms with Crippen molar-refractivity contribution in [2.75, 3.05) is 18.6 Å². The average Bonchev–Trinajstić information content (AvgIpc) is 2.16. The van der Waals surface area contributed by atoms with Crippen LogP contribution < -0.4 is 5.73 Å². The topological polar surface area (TPSA) is 52.3 Å². The number of nitrogens with two attached hydrogens (primary N) is 1. The second-order valence-corrected chi connectivity index (χ2v) is 4.55. The number of carbonyl (C=O) groups excluding carboxylic acids is 1. The van der Waals surface area contributed by atoms with E-state index in [1.54, 1.807) is 0 Å². The molecule has 0 radical (unpaired) electrons. The standard InChI is InChI=1S/C9H17NO2S.ClH/c1-12-9(11)3-2-7-6-13-5-4-8(7)10;/h7-8H,2-6,10H2,1H3;1H. The highest BCUT2D eigenvalue weighted by atomic mass is 35.5. The molecule has 1 heterocycles. The van der Waals surface area contributed by atoms with E-state index >= 15 is 0 Å². The zero-order valence-corrected chi connectivity index (χ0v) is 10.0. The van der Waals surface area contributed by atoms with Crippen LogP contribution in [-0.2, 0) is 9.53 Å². The molecule has 0 saturated carbocycles. The van der Waals surface area contributed by atoms with Crippen LogP contribution in [-0.4, -0.2) is 30.6 Å². The number of hydrogen-bond donors (Lipinski definition) is 1. The Morgan fingerprint density at radius 3 is 2.93 bits per heavy atom. The summed E-state index contributed by atoms with van der Waals surface area (Å²) in [6, 6.07) is 0.283. The second-order valence-electron chi connectivity index (χ2n) is 3.40. The molecule has 1 saturated heterocycles. The van der Waals surface area contributed by atoms with Gasteiger partial charge in [-0.3, -0.25) is 4.79 Å². The summed E-state index contributed by atoms with van der Waals surface area (Å²) in [5.74, 6) is 2.63. The van der Waals surface area contributed by atoms with E-state index in [1.165, 1.54) is 7.11 Å². The number of hydrogen-bond acceptors (Lipinski definition) is 4. The predicted molar refractivity (Wildman–Crippen MR) is 61.9 cm³/mol. The molecule has 1 aliphatic rings. The third kappa shape index (κ3) is 4.53. The van der Waals surface area contributed by atoms with Crippen molar-refractivity contribution >= 4 is 30.1 Å². The molecule has 1 fully saturated rings. The fourth-order valence-electron chi connectivity index (χ4n) is 1.52. The van der Waals surface area contributed by atoms with Gasteiger partial charge in [0.2, 0.25) is 0 Å². The number of ether oxygens (including phenoxy) is 1. The van der Waals surface area contributed by atoms with Gasteiger partial charge in [-0.2, -0.15) is 11.8 Å². The van der Waals surface area contributed by atoms with E-state index in [-0.39, 0.29) is 24.4 Å². The molecule has 0 aliphatic carbocycles. The number of carbonyl (C=O) groups is 1. The van der Waals surface area contributed by atoms with Crippen molar-refractivity contribution in [3.63, 3.8) is 0 Å². The number of methoxy groups -OCH3 is 1. The van der Waals surface area contributed by atoms with Crippen LogP contribution in [0.1, 0.15) is 19.3 Å². The van der Waals surface area contributed by atoms with Crippen LogP contribution >= 0.6 is 24.2 Å². The van der Waals surface area contributed by atoms with E-state index in [0.29, 0.717) is 12.3 Å². The lowest BCUT2D eigenvalue weighted by molar-refractivity contribution is -0.140. The molecule has 1 rings (SSSR count). The minimum absolute atomic E-state index is 0. The predicted octanol–water partition coefficient (Wildman–Crippen LogP) is 1.44. The summed E-state index contributed by atoms with van der Waals surface area (Å²) in [5, 5.41) is 0. The molecule has 1 aliphatic heterocycles. The molecule has 0 aromatic carbocycles. The first-order valence-corrected chi connectivity index (χ1v) is 5.79. The third-order valence-electron chi connectivity index (χ3n) is 2.48. The number of halogens is 1.